The predicted molar refractivity (Wildman–Crippen MR) is 70.0 cm³/mol. The van der Waals surface area contributed by atoms with Crippen molar-refractivity contribution in [3.05, 3.63) is 47.3 Å². The van der Waals surface area contributed by atoms with Crippen molar-refractivity contribution in [3.63, 3.8) is 0 Å². The molecular weight excluding hydrogens is 284 g/mol. The van der Waals surface area contributed by atoms with Gasteiger partial charge < -0.3 is 15.5 Å². The van der Waals surface area contributed by atoms with E-state index in [2.05, 4.69) is 10.4 Å². The Morgan fingerprint density at radius 3 is 2.76 bits per heavy atom. The van der Waals surface area contributed by atoms with Crippen molar-refractivity contribution in [3.8, 4) is 0 Å². The summed E-state index contributed by atoms with van der Waals surface area (Å²) in [7, 11) is 0. The van der Waals surface area contributed by atoms with Crippen LogP contribution in [-0.2, 0) is 13.1 Å². The number of carboxylic acid groups (broad SMARTS) is 1. The number of aromatic nitrogens is 2. The number of benzene rings is 1. The largest absolute Gasteiger partial charge is 0.478 e. The Kier molecular flexibility index (Phi) is 4.49. The van der Waals surface area contributed by atoms with Crippen LogP contribution in [0.4, 0.5) is 14.5 Å². The third-order valence-corrected chi connectivity index (χ3v) is 2.79. The molecule has 0 aliphatic heterocycles. The zero-order chi connectivity index (χ0) is 15.4. The summed E-state index contributed by atoms with van der Waals surface area (Å²) in [6.07, 6.45) is 3.19. The minimum Gasteiger partial charge on any atom is -0.478 e. The van der Waals surface area contributed by atoms with Gasteiger partial charge in [-0.05, 0) is 6.07 Å². The minimum absolute atomic E-state index is 0.0525. The first-order valence-electron chi connectivity index (χ1n) is 6.09. The summed E-state index contributed by atoms with van der Waals surface area (Å²) in [6.45, 7) is 0.476. The molecule has 0 radical (unpaired) electrons. The predicted octanol–water partition coefficient (Wildman–Crippen LogP) is 1.46. The summed E-state index contributed by atoms with van der Waals surface area (Å²) in [5, 5.41) is 24.2. The summed E-state index contributed by atoms with van der Waals surface area (Å²) in [5.41, 5.74) is 0.00244. The average Bonchev–Trinajstić information content (AvgIpc) is 2.85. The van der Waals surface area contributed by atoms with Gasteiger partial charge in [0.15, 0.2) is 0 Å². The molecule has 0 saturated heterocycles. The maximum absolute atomic E-state index is 13.6. The summed E-state index contributed by atoms with van der Waals surface area (Å²) < 4.78 is 28.3. The molecule has 0 amide bonds. The Balaban J connectivity index is 2.11. The zero-order valence-electron chi connectivity index (χ0n) is 10.9. The molecule has 0 unspecified atom stereocenters. The molecule has 3 N–H and O–H groups in total. The molecule has 2 rings (SSSR count). The van der Waals surface area contributed by atoms with E-state index in [0.717, 1.165) is 6.07 Å². The molecule has 1 heterocycles. The van der Waals surface area contributed by atoms with Gasteiger partial charge in [-0.25, -0.2) is 13.6 Å². The van der Waals surface area contributed by atoms with E-state index in [1.807, 2.05) is 0 Å². The van der Waals surface area contributed by atoms with Crippen LogP contribution in [0.25, 0.3) is 0 Å². The topological polar surface area (TPSA) is 87.4 Å². The molecule has 0 atom stereocenters. The van der Waals surface area contributed by atoms with Crippen LogP contribution in [0.15, 0.2) is 24.5 Å². The molecule has 0 bridgehead atoms. The normalized spacial score (nSPS) is 10.6. The highest BCUT2D eigenvalue weighted by Crippen LogP contribution is 2.20. The van der Waals surface area contributed by atoms with Crippen LogP contribution in [0.2, 0.25) is 0 Å². The van der Waals surface area contributed by atoms with Gasteiger partial charge in [-0.15, -0.1) is 0 Å². The second kappa shape index (κ2) is 6.31. The third kappa shape index (κ3) is 3.54. The quantitative estimate of drug-likeness (QED) is 0.751. The average molecular weight is 297 g/mol. The van der Waals surface area contributed by atoms with Crippen LogP contribution < -0.4 is 5.32 Å². The smallest absolute Gasteiger partial charge is 0.338 e. The lowest BCUT2D eigenvalue weighted by molar-refractivity contribution is 0.0692. The van der Waals surface area contributed by atoms with E-state index in [1.165, 1.54) is 10.9 Å². The van der Waals surface area contributed by atoms with Crippen LogP contribution in [0, 0.1) is 11.6 Å². The first-order valence-corrected chi connectivity index (χ1v) is 6.09. The molecule has 2 aromatic rings. The van der Waals surface area contributed by atoms with E-state index in [4.69, 9.17) is 10.2 Å². The number of nitrogens with zero attached hydrogens (tertiary/aromatic N) is 2. The SMILES string of the molecule is O=C(O)c1cc(NCc2cnn(CCO)c2)c(F)cc1F. The minimum atomic E-state index is -1.47. The Bertz CT molecular complexity index is 658. The first-order chi connectivity index (χ1) is 10.0. The fourth-order valence-corrected chi connectivity index (χ4v) is 1.77. The van der Waals surface area contributed by atoms with Gasteiger partial charge in [0.1, 0.15) is 11.6 Å². The molecule has 1 aromatic heterocycles. The molecular formula is C13H13F2N3O3. The molecule has 0 saturated carbocycles. The number of carboxylic acids is 1. The molecule has 112 valence electrons. The van der Waals surface area contributed by atoms with E-state index in [1.54, 1.807) is 6.20 Å². The summed E-state index contributed by atoms with van der Waals surface area (Å²) in [6, 6.07) is 1.44. The van der Waals surface area contributed by atoms with Crippen LogP contribution in [0.5, 0.6) is 0 Å². The Hall–Kier alpha value is -2.48. The lowest BCUT2D eigenvalue weighted by atomic mass is 10.1. The van der Waals surface area contributed by atoms with Gasteiger partial charge >= 0.3 is 5.97 Å². The maximum atomic E-state index is 13.6. The van der Waals surface area contributed by atoms with Crippen molar-refractivity contribution in [2.45, 2.75) is 13.1 Å². The number of rotatable bonds is 6. The Morgan fingerprint density at radius 2 is 2.10 bits per heavy atom. The number of aliphatic hydroxyl groups is 1. The van der Waals surface area contributed by atoms with Gasteiger partial charge in [0, 0.05) is 24.4 Å². The highest BCUT2D eigenvalue weighted by molar-refractivity contribution is 5.89. The lowest BCUT2D eigenvalue weighted by Gasteiger charge is -2.08. The monoisotopic (exact) mass is 297 g/mol. The van der Waals surface area contributed by atoms with Gasteiger partial charge in [-0.1, -0.05) is 0 Å². The number of nitrogens with one attached hydrogen (secondary N) is 1. The molecule has 0 spiro atoms. The van der Waals surface area contributed by atoms with Crippen molar-refractivity contribution in [2.24, 2.45) is 0 Å². The summed E-state index contributed by atoms with van der Waals surface area (Å²) in [5.74, 6) is -3.46. The number of hydrogen-bond acceptors (Lipinski definition) is 4. The number of halogens is 2. The van der Waals surface area contributed by atoms with Crippen molar-refractivity contribution in [1.29, 1.82) is 0 Å². The van der Waals surface area contributed by atoms with Gasteiger partial charge in [0.05, 0.1) is 30.6 Å². The van der Waals surface area contributed by atoms with E-state index < -0.39 is 23.2 Å². The first kappa shape index (κ1) is 14.9. The van der Waals surface area contributed by atoms with Gasteiger partial charge in [0.25, 0.3) is 0 Å². The molecule has 1 aromatic carbocycles. The van der Waals surface area contributed by atoms with Crippen molar-refractivity contribution in [1.82, 2.24) is 9.78 Å². The molecule has 21 heavy (non-hydrogen) atoms. The van der Waals surface area contributed by atoms with E-state index in [9.17, 15) is 13.6 Å². The fraction of sp³-hybridized carbons (Fsp3) is 0.231. The Morgan fingerprint density at radius 1 is 1.33 bits per heavy atom. The third-order valence-electron chi connectivity index (χ3n) is 2.79. The number of hydrogen-bond donors (Lipinski definition) is 3. The number of carbonyl (C=O) groups is 1. The highest BCUT2D eigenvalue weighted by Gasteiger charge is 2.15. The van der Waals surface area contributed by atoms with Gasteiger partial charge in [-0.3, -0.25) is 4.68 Å². The van der Waals surface area contributed by atoms with Crippen molar-refractivity contribution < 1.29 is 23.8 Å². The number of aromatic carboxylic acids is 1. The van der Waals surface area contributed by atoms with Gasteiger partial charge in [0.2, 0.25) is 0 Å². The molecule has 0 fully saturated rings. The highest BCUT2D eigenvalue weighted by atomic mass is 19.1. The molecule has 6 nitrogen and oxygen atoms in total. The standard InChI is InChI=1S/C13H13F2N3O3/c14-10-4-11(15)12(3-9(10)13(20)21)16-5-8-6-17-18(7-8)1-2-19/h3-4,6-7,16,19H,1-2,5H2,(H,20,21). The number of aliphatic hydroxyl groups excluding tert-OH is 1. The summed E-state index contributed by atoms with van der Waals surface area (Å²) >= 11 is 0. The van der Waals surface area contributed by atoms with Crippen LogP contribution in [-0.4, -0.2) is 32.6 Å². The second-order valence-corrected chi connectivity index (χ2v) is 4.31. The Labute approximate surface area is 118 Å². The van der Waals surface area contributed by atoms with E-state index >= 15 is 0 Å². The van der Waals surface area contributed by atoms with E-state index in [0.29, 0.717) is 18.2 Å². The van der Waals surface area contributed by atoms with Crippen LogP contribution >= 0.6 is 0 Å². The summed E-state index contributed by atoms with van der Waals surface area (Å²) in [4.78, 5) is 10.8. The molecule has 0 aliphatic rings. The maximum Gasteiger partial charge on any atom is 0.338 e. The van der Waals surface area contributed by atoms with Crippen LogP contribution in [0.3, 0.4) is 0 Å². The van der Waals surface area contributed by atoms with Gasteiger partial charge in [-0.2, -0.15) is 5.10 Å². The van der Waals surface area contributed by atoms with Crippen LogP contribution in [0.1, 0.15) is 15.9 Å². The van der Waals surface area contributed by atoms with Crippen molar-refractivity contribution in [2.75, 3.05) is 11.9 Å². The van der Waals surface area contributed by atoms with Crippen molar-refractivity contribution >= 4 is 11.7 Å². The van der Waals surface area contributed by atoms with E-state index in [-0.39, 0.29) is 18.8 Å². The molecule has 0 aliphatic carbocycles. The zero-order valence-corrected chi connectivity index (χ0v) is 10.9. The lowest BCUT2D eigenvalue weighted by Crippen LogP contribution is -2.06. The fourth-order valence-electron chi connectivity index (χ4n) is 1.77. The molecule has 8 heteroatoms. The number of anilines is 1. The second-order valence-electron chi connectivity index (χ2n) is 4.31.